The molecular weight excluding hydrogens is 383 g/mol. The Morgan fingerprint density at radius 2 is 1.96 bits per heavy atom. The molecule has 0 bridgehead atoms. The van der Waals surface area contributed by atoms with Crippen LogP contribution in [0.5, 0.6) is 0 Å². The topological polar surface area (TPSA) is 49.4 Å². The number of carbonyl (C=O) groups excluding carboxylic acids is 2. The Bertz CT molecular complexity index is 854. The molecule has 0 radical (unpaired) electrons. The first-order chi connectivity index (χ1) is 11.9. The predicted molar refractivity (Wildman–Crippen MR) is 102 cm³/mol. The number of amides is 2. The number of hydrogen-bond donors (Lipinski definition) is 1. The molecule has 1 aliphatic rings. The maximum atomic E-state index is 12.6. The van der Waals surface area contributed by atoms with Crippen LogP contribution in [-0.4, -0.2) is 18.4 Å². The second-order valence-electron chi connectivity index (χ2n) is 5.93. The summed E-state index contributed by atoms with van der Waals surface area (Å²) in [5.74, 6) is -0.854. The van der Waals surface area contributed by atoms with Crippen molar-refractivity contribution in [2.45, 2.75) is 13.3 Å². The zero-order valence-electron chi connectivity index (χ0n) is 13.4. The van der Waals surface area contributed by atoms with Crippen LogP contribution in [0.2, 0.25) is 15.1 Å². The Balaban J connectivity index is 1.77. The zero-order chi connectivity index (χ0) is 18.1. The lowest BCUT2D eigenvalue weighted by molar-refractivity contribution is -0.122. The van der Waals surface area contributed by atoms with E-state index in [4.69, 9.17) is 34.8 Å². The summed E-state index contributed by atoms with van der Waals surface area (Å²) in [5, 5.41) is 4.07. The summed E-state index contributed by atoms with van der Waals surface area (Å²) >= 11 is 18.2. The minimum absolute atomic E-state index is 0.119. The average molecular weight is 398 g/mol. The molecule has 2 amide bonds. The van der Waals surface area contributed by atoms with Crippen LogP contribution in [0.3, 0.4) is 0 Å². The fourth-order valence-corrected chi connectivity index (χ4v) is 3.35. The standard InChI is InChI=1S/C18H15Cl3N2O2/c1-10-5-6-12(19)8-14(10)22-18(25)11-7-16(24)23(9-11)15-4-2-3-13(20)17(15)21/h2-6,8,11H,7,9H2,1H3,(H,22,25). The highest BCUT2D eigenvalue weighted by molar-refractivity contribution is 6.44. The van der Waals surface area contributed by atoms with E-state index in [1.165, 1.54) is 4.90 Å². The molecule has 2 aromatic carbocycles. The van der Waals surface area contributed by atoms with Crippen molar-refractivity contribution in [2.75, 3.05) is 16.8 Å². The van der Waals surface area contributed by atoms with Gasteiger partial charge in [0.1, 0.15) is 0 Å². The molecule has 0 spiro atoms. The van der Waals surface area contributed by atoms with Crippen LogP contribution in [0.4, 0.5) is 11.4 Å². The van der Waals surface area contributed by atoms with Crippen molar-refractivity contribution < 1.29 is 9.59 Å². The second-order valence-corrected chi connectivity index (χ2v) is 7.15. The van der Waals surface area contributed by atoms with Crippen LogP contribution in [-0.2, 0) is 9.59 Å². The van der Waals surface area contributed by atoms with Gasteiger partial charge in [-0.3, -0.25) is 9.59 Å². The van der Waals surface area contributed by atoms with Crippen LogP contribution in [0.1, 0.15) is 12.0 Å². The van der Waals surface area contributed by atoms with Gasteiger partial charge in [-0.15, -0.1) is 0 Å². The summed E-state index contributed by atoms with van der Waals surface area (Å²) in [6.07, 6.45) is 0.119. The van der Waals surface area contributed by atoms with Crippen LogP contribution < -0.4 is 10.2 Å². The molecule has 3 rings (SSSR count). The van der Waals surface area contributed by atoms with E-state index < -0.39 is 5.92 Å². The molecule has 1 saturated heterocycles. The number of aryl methyl sites for hydroxylation is 1. The minimum atomic E-state index is -0.471. The molecule has 1 N–H and O–H groups in total. The maximum absolute atomic E-state index is 12.6. The van der Waals surface area contributed by atoms with Gasteiger partial charge in [0.2, 0.25) is 11.8 Å². The third kappa shape index (κ3) is 3.76. The molecule has 1 fully saturated rings. The molecule has 7 heteroatoms. The average Bonchev–Trinajstić information content (AvgIpc) is 2.95. The lowest BCUT2D eigenvalue weighted by Gasteiger charge is -2.19. The van der Waals surface area contributed by atoms with E-state index in [9.17, 15) is 9.59 Å². The van der Waals surface area contributed by atoms with Crippen LogP contribution in [0, 0.1) is 12.8 Å². The number of rotatable bonds is 3. The van der Waals surface area contributed by atoms with Crippen molar-refractivity contribution in [3.05, 3.63) is 57.0 Å². The number of nitrogens with one attached hydrogen (secondary N) is 1. The van der Waals surface area contributed by atoms with Crippen molar-refractivity contribution in [1.29, 1.82) is 0 Å². The van der Waals surface area contributed by atoms with E-state index in [1.54, 1.807) is 30.3 Å². The molecule has 0 aromatic heterocycles. The number of anilines is 2. The van der Waals surface area contributed by atoms with Crippen LogP contribution in [0.25, 0.3) is 0 Å². The molecule has 1 atom stereocenters. The number of carbonyl (C=O) groups is 2. The summed E-state index contributed by atoms with van der Waals surface area (Å²) in [6, 6.07) is 10.4. The van der Waals surface area contributed by atoms with Gasteiger partial charge in [0.05, 0.1) is 21.7 Å². The Kier molecular flexibility index (Phi) is 5.23. The zero-order valence-corrected chi connectivity index (χ0v) is 15.6. The molecular formula is C18H15Cl3N2O2. The molecule has 1 aliphatic heterocycles. The summed E-state index contributed by atoms with van der Waals surface area (Å²) in [5.41, 5.74) is 2.06. The van der Waals surface area contributed by atoms with Gasteiger partial charge >= 0.3 is 0 Å². The van der Waals surface area contributed by atoms with Gasteiger partial charge in [0.25, 0.3) is 0 Å². The van der Waals surface area contributed by atoms with Crippen molar-refractivity contribution in [3.63, 3.8) is 0 Å². The molecule has 25 heavy (non-hydrogen) atoms. The fourth-order valence-electron chi connectivity index (χ4n) is 2.78. The van der Waals surface area contributed by atoms with Crippen LogP contribution >= 0.6 is 34.8 Å². The van der Waals surface area contributed by atoms with Crippen molar-refractivity contribution in [2.24, 2.45) is 5.92 Å². The lowest BCUT2D eigenvalue weighted by Crippen LogP contribution is -2.28. The van der Waals surface area contributed by atoms with E-state index in [1.807, 2.05) is 13.0 Å². The van der Waals surface area contributed by atoms with E-state index in [0.29, 0.717) is 26.4 Å². The van der Waals surface area contributed by atoms with Crippen molar-refractivity contribution in [3.8, 4) is 0 Å². The Morgan fingerprint density at radius 3 is 2.72 bits per heavy atom. The minimum Gasteiger partial charge on any atom is -0.325 e. The molecule has 2 aromatic rings. The first-order valence-corrected chi connectivity index (χ1v) is 8.81. The Hall–Kier alpha value is -1.75. The second kappa shape index (κ2) is 7.24. The van der Waals surface area contributed by atoms with Gasteiger partial charge in [-0.1, -0.05) is 46.9 Å². The predicted octanol–water partition coefficient (Wildman–Crippen LogP) is 4.95. The first kappa shape index (κ1) is 18.1. The van der Waals surface area contributed by atoms with E-state index in [-0.39, 0.29) is 24.8 Å². The normalized spacial score (nSPS) is 17.0. The number of nitrogens with zero attached hydrogens (tertiary/aromatic N) is 1. The number of hydrogen-bond acceptors (Lipinski definition) is 2. The smallest absolute Gasteiger partial charge is 0.229 e. The molecule has 0 saturated carbocycles. The van der Waals surface area contributed by atoms with Gasteiger partial charge in [0.15, 0.2) is 0 Å². The Morgan fingerprint density at radius 1 is 1.20 bits per heavy atom. The molecule has 1 heterocycles. The third-order valence-corrected chi connectivity index (χ3v) is 5.22. The quantitative estimate of drug-likeness (QED) is 0.797. The summed E-state index contributed by atoms with van der Waals surface area (Å²) < 4.78 is 0. The van der Waals surface area contributed by atoms with Gasteiger partial charge < -0.3 is 10.2 Å². The molecule has 130 valence electrons. The van der Waals surface area contributed by atoms with Crippen molar-refractivity contribution in [1.82, 2.24) is 0 Å². The van der Waals surface area contributed by atoms with Gasteiger partial charge in [-0.2, -0.15) is 0 Å². The number of benzene rings is 2. The highest BCUT2D eigenvalue weighted by Crippen LogP contribution is 2.36. The summed E-state index contributed by atoms with van der Waals surface area (Å²) in [7, 11) is 0. The third-order valence-electron chi connectivity index (χ3n) is 4.18. The number of halogens is 3. The monoisotopic (exact) mass is 396 g/mol. The highest BCUT2D eigenvalue weighted by Gasteiger charge is 2.36. The fraction of sp³-hybridized carbons (Fsp3) is 0.222. The van der Waals surface area contributed by atoms with Gasteiger partial charge in [-0.05, 0) is 36.8 Å². The highest BCUT2D eigenvalue weighted by atomic mass is 35.5. The van der Waals surface area contributed by atoms with Gasteiger partial charge in [0, 0.05) is 23.7 Å². The van der Waals surface area contributed by atoms with E-state index in [2.05, 4.69) is 5.32 Å². The first-order valence-electron chi connectivity index (χ1n) is 7.68. The Labute approximate surface area is 160 Å². The SMILES string of the molecule is Cc1ccc(Cl)cc1NC(=O)C1CC(=O)N(c2cccc(Cl)c2Cl)C1. The van der Waals surface area contributed by atoms with E-state index >= 15 is 0 Å². The summed E-state index contributed by atoms with van der Waals surface area (Å²) in [4.78, 5) is 26.4. The largest absolute Gasteiger partial charge is 0.325 e. The van der Waals surface area contributed by atoms with Gasteiger partial charge in [-0.25, -0.2) is 0 Å². The lowest BCUT2D eigenvalue weighted by atomic mass is 10.1. The molecule has 1 unspecified atom stereocenters. The summed E-state index contributed by atoms with van der Waals surface area (Å²) in [6.45, 7) is 2.13. The van der Waals surface area contributed by atoms with E-state index in [0.717, 1.165) is 5.56 Å². The maximum Gasteiger partial charge on any atom is 0.229 e. The van der Waals surface area contributed by atoms with Crippen LogP contribution in [0.15, 0.2) is 36.4 Å². The molecule has 4 nitrogen and oxygen atoms in total. The molecule has 0 aliphatic carbocycles. The van der Waals surface area contributed by atoms with Crippen molar-refractivity contribution >= 4 is 58.0 Å².